The van der Waals surface area contributed by atoms with Gasteiger partial charge in [-0.05, 0) is 11.4 Å². The van der Waals surface area contributed by atoms with Crippen molar-refractivity contribution in [3.8, 4) is 5.75 Å². The first-order valence-corrected chi connectivity index (χ1v) is 5.22. The van der Waals surface area contributed by atoms with E-state index in [2.05, 4.69) is 0 Å². The van der Waals surface area contributed by atoms with Crippen molar-refractivity contribution in [2.45, 2.75) is 0 Å². The molecular weight excluding hydrogens is 220 g/mol. The molecule has 1 heterocycles. The van der Waals surface area contributed by atoms with E-state index in [1.807, 2.05) is 11.4 Å². The minimum Gasteiger partial charge on any atom is -0.496 e. The maximum absolute atomic E-state index is 10.9. The number of aldehydes is 1. The maximum atomic E-state index is 10.9. The minimum atomic E-state index is 0.524. The van der Waals surface area contributed by atoms with Gasteiger partial charge in [0.2, 0.25) is 0 Å². The summed E-state index contributed by atoms with van der Waals surface area (Å²) in [5, 5.41) is 3.38. The zero-order valence-corrected chi connectivity index (χ0v) is 8.98. The van der Waals surface area contributed by atoms with Gasteiger partial charge in [-0.1, -0.05) is 11.6 Å². The van der Waals surface area contributed by atoms with E-state index in [4.69, 9.17) is 16.3 Å². The molecule has 0 atom stereocenters. The molecule has 0 saturated carbocycles. The Balaban J connectivity index is 2.88. The topological polar surface area (TPSA) is 26.3 Å². The second-order valence-electron chi connectivity index (χ2n) is 2.76. The number of hydrogen-bond donors (Lipinski definition) is 0. The van der Waals surface area contributed by atoms with Crippen LogP contribution in [0.25, 0.3) is 10.1 Å². The highest BCUT2D eigenvalue weighted by Crippen LogP contribution is 2.36. The second kappa shape index (κ2) is 3.59. The molecule has 0 aliphatic carbocycles. The molecule has 0 bridgehead atoms. The highest BCUT2D eigenvalue weighted by atomic mass is 35.5. The lowest BCUT2D eigenvalue weighted by atomic mass is 10.1. The smallest absolute Gasteiger partial charge is 0.154 e. The first kappa shape index (κ1) is 9.49. The fourth-order valence-electron chi connectivity index (χ4n) is 1.39. The molecule has 1 aromatic heterocycles. The van der Waals surface area contributed by atoms with Crippen LogP contribution in [0.15, 0.2) is 17.5 Å². The number of carbonyl (C=O) groups is 1. The van der Waals surface area contributed by atoms with Crippen LogP contribution in [-0.4, -0.2) is 13.4 Å². The van der Waals surface area contributed by atoms with E-state index in [1.165, 1.54) is 18.4 Å². The number of thiophene rings is 1. The number of fused-ring (bicyclic) bond motifs is 1. The summed E-state index contributed by atoms with van der Waals surface area (Å²) in [6.45, 7) is 0. The molecule has 0 radical (unpaired) electrons. The fraction of sp³-hybridized carbons (Fsp3) is 0.100. The Kier molecular flexibility index (Phi) is 2.44. The van der Waals surface area contributed by atoms with Crippen molar-refractivity contribution in [1.82, 2.24) is 0 Å². The molecule has 0 spiro atoms. The molecule has 0 saturated heterocycles. The van der Waals surface area contributed by atoms with Crippen LogP contribution in [0.5, 0.6) is 5.75 Å². The second-order valence-corrected chi connectivity index (χ2v) is 4.08. The first-order valence-electron chi connectivity index (χ1n) is 3.96. The van der Waals surface area contributed by atoms with Gasteiger partial charge in [-0.15, -0.1) is 11.3 Å². The van der Waals surface area contributed by atoms with Crippen molar-refractivity contribution >= 4 is 39.3 Å². The van der Waals surface area contributed by atoms with Crippen LogP contribution in [0, 0.1) is 0 Å². The Hall–Kier alpha value is -1.06. The highest BCUT2D eigenvalue weighted by Gasteiger charge is 2.11. The molecule has 2 rings (SSSR count). The van der Waals surface area contributed by atoms with Crippen LogP contribution in [0.1, 0.15) is 10.4 Å². The van der Waals surface area contributed by atoms with Gasteiger partial charge < -0.3 is 4.74 Å². The van der Waals surface area contributed by atoms with Crippen LogP contribution in [0.2, 0.25) is 5.02 Å². The number of carbonyl (C=O) groups excluding carboxylic acids is 1. The molecule has 0 fully saturated rings. The van der Waals surface area contributed by atoms with Crippen molar-refractivity contribution in [3.05, 3.63) is 28.1 Å². The Labute approximate surface area is 90.1 Å². The predicted molar refractivity (Wildman–Crippen MR) is 58.8 cm³/mol. The van der Waals surface area contributed by atoms with Crippen LogP contribution in [0.3, 0.4) is 0 Å². The number of halogens is 1. The monoisotopic (exact) mass is 226 g/mol. The average molecular weight is 227 g/mol. The molecule has 0 aliphatic rings. The van der Waals surface area contributed by atoms with Crippen molar-refractivity contribution < 1.29 is 9.53 Å². The molecule has 14 heavy (non-hydrogen) atoms. The van der Waals surface area contributed by atoms with Crippen molar-refractivity contribution in [3.63, 3.8) is 0 Å². The van der Waals surface area contributed by atoms with E-state index in [9.17, 15) is 4.79 Å². The molecule has 2 nitrogen and oxygen atoms in total. The van der Waals surface area contributed by atoms with E-state index in [0.29, 0.717) is 16.3 Å². The largest absolute Gasteiger partial charge is 0.496 e. The zero-order valence-electron chi connectivity index (χ0n) is 7.41. The number of hydrogen-bond acceptors (Lipinski definition) is 3. The standard InChI is InChI=1S/C10H7ClO2S/c1-13-9-4-8(11)10-6(2-3-14-10)7(9)5-12/h2-5H,1H3. The Morgan fingerprint density at radius 3 is 3.00 bits per heavy atom. The lowest BCUT2D eigenvalue weighted by Crippen LogP contribution is -1.90. The normalized spacial score (nSPS) is 10.4. The zero-order chi connectivity index (χ0) is 10.1. The summed E-state index contributed by atoms with van der Waals surface area (Å²) in [5.74, 6) is 0.524. The molecular formula is C10H7ClO2S. The van der Waals surface area contributed by atoms with Gasteiger partial charge in [0.1, 0.15) is 5.75 Å². The van der Waals surface area contributed by atoms with Crippen LogP contribution >= 0.6 is 22.9 Å². The molecule has 72 valence electrons. The molecule has 0 unspecified atom stereocenters. The molecule has 0 aliphatic heterocycles. The van der Waals surface area contributed by atoms with Gasteiger partial charge in [0.05, 0.1) is 22.4 Å². The molecule has 4 heteroatoms. The van der Waals surface area contributed by atoms with E-state index < -0.39 is 0 Å². The Bertz CT molecular complexity index is 490. The van der Waals surface area contributed by atoms with Gasteiger partial charge in [-0.3, -0.25) is 4.79 Å². The third kappa shape index (κ3) is 1.29. The summed E-state index contributed by atoms with van der Waals surface area (Å²) in [6, 6.07) is 3.54. The Morgan fingerprint density at radius 1 is 1.57 bits per heavy atom. The molecule has 1 aromatic carbocycles. The third-order valence-corrected chi connectivity index (χ3v) is 3.39. The van der Waals surface area contributed by atoms with Gasteiger partial charge in [0.15, 0.2) is 6.29 Å². The average Bonchev–Trinajstić information content (AvgIpc) is 2.66. The summed E-state index contributed by atoms with van der Waals surface area (Å²) in [7, 11) is 1.52. The summed E-state index contributed by atoms with van der Waals surface area (Å²) in [4.78, 5) is 10.9. The van der Waals surface area contributed by atoms with Crippen molar-refractivity contribution in [2.75, 3.05) is 7.11 Å². The Morgan fingerprint density at radius 2 is 2.36 bits per heavy atom. The summed E-state index contributed by atoms with van der Waals surface area (Å²) in [5.41, 5.74) is 0.563. The maximum Gasteiger partial charge on any atom is 0.154 e. The van der Waals surface area contributed by atoms with Crippen molar-refractivity contribution in [2.24, 2.45) is 0 Å². The quantitative estimate of drug-likeness (QED) is 0.734. The SMILES string of the molecule is COc1cc(Cl)c2sccc2c1C=O. The highest BCUT2D eigenvalue weighted by molar-refractivity contribution is 7.18. The predicted octanol–water partition coefficient (Wildman–Crippen LogP) is 3.38. The van der Waals surface area contributed by atoms with Gasteiger partial charge in [0, 0.05) is 11.5 Å². The van der Waals surface area contributed by atoms with Gasteiger partial charge in [-0.25, -0.2) is 0 Å². The van der Waals surface area contributed by atoms with Gasteiger partial charge in [0.25, 0.3) is 0 Å². The van der Waals surface area contributed by atoms with E-state index in [-0.39, 0.29) is 0 Å². The minimum absolute atomic E-state index is 0.524. The van der Waals surface area contributed by atoms with Crippen LogP contribution in [-0.2, 0) is 0 Å². The summed E-state index contributed by atoms with van der Waals surface area (Å²) >= 11 is 7.54. The van der Waals surface area contributed by atoms with E-state index in [0.717, 1.165) is 16.4 Å². The number of methoxy groups -OCH3 is 1. The lowest BCUT2D eigenvalue weighted by Gasteiger charge is -2.05. The number of benzene rings is 1. The molecule has 0 amide bonds. The van der Waals surface area contributed by atoms with Crippen LogP contribution in [0.4, 0.5) is 0 Å². The van der Waals surface area contributed by atoms with Gasteiger partial charge >= 0.3 is 0 Å². The summed E-state index contributed by atoms with van der Waals surface area (Å²) in [6.07, 6.45) is 0.796. The third-order valence-electron chi connectivity index (χ3n) is 2.03. The summed E-state index contributed by atoms with van der Waals surface area (Å²) < 4.78 is 6.01. The molecule has 0 N–H and O–H groups in total. The van der Waals surface area contributed by atoms with E-state index in [1.54, 1.807) is 6.07 Å². The fourth-order valence-corrected chi connectivity index (χ4v) is 2.54. The van der Waals surface area contributed by atoms with Crippen LogP contribution < -0.4 is 4.74 Å². The van der Waals surface area contributed by atoms with Crippen molar-refractivity contribution in [1.29, 1.82) is 0 Å². The molecule has 2 aromatic rings. The van der Waals surface area contributed by atoms with E-state index >= 15 is 0 Å². The lowest BCUT2D eigenvalue weighted by molar-refractivity contribution is 0.112. The number of ether oxygens (including phenoxy) is 1. The van der Waals surface area contributed by atoms with Gasteiger partial charge in [-0.2, -0.15) is 0 Å². The number of rotatable bonds is 2. The first-order chi connectivity index (χ1) is 6.77.